The molecule has 2 fully saturated rings. The standard InChI is InChI=1S/C38H40FN5O6/c1-21-8-7-13-42(21)15-12-40-36(46)26-20-44-28-18-30-24(23-9-5-6-10-29(23)48-30)17-31(28)49-35-32(44)25(34(26)45)16-27(39)33(35)43-14-11-22(19-43)41-37(47)50-38(2,3)4/h5-6,9-10,16-18,20-22H,7-8,11-15,19H2,1-4H3,(H,40,46)(H,41,47). The van der Waals surface area contributed by atoms with Crippen molar-refractivity contribution in [1.29, 1.82) is 0 Å². The van der Waals surface area contributed by atoms with E-state index in [2.05, 4.69) is 22.5 Å². The maximum atomic E-state index is 16.4. The number of rotatable bonds is 6. The van der Waals surface area contributed by atoms with Crippen LogP contribution in [0.2, 0.25) is 0 Å². The van der Waals surface area contributed by atoms with Crippen molar-refractivity contribution in [3.8, 4) is 17.2 Å². The van der Waals surface area contributed by atoms with Crippen molar-refractivity contribution in [1.82, 2.24) is 20.1 Å². The number of anilines is 1. The zero-order valence-corrected chi connectivity index (χ0v) is 28.6. The van der Waals surface area contributed by atoms with Crippen molar-refractivity contribution in [2.45, 2.75) is 64.6 Å². The quantitative estimate of drug-likeness (QED) is 0.206. The summed E-state index contributed by atoms with van der Waals surface area (Å²) in [5, 5.41) is 7.55. The van der Waals surface area contributed by atoms with Crippen molar-refractivity contribution < 1.29 is 27.9 Å². The first kappa shape index (κ1) is 32.1. The number of hydrogen-bond acceptors (Lipinski definition) is 8. The number of fused-ring (bicyclic) bond motifs is 5. The van der Waals surface area contributed by atoms with Gasteiger partial charge in [-0.05, 0) is 71.7 Å². The van der Waals surface area contributed by atoms with Crippen LogP contribution in [-0.2, 0) is 4.74 Å². The molecule has 0 bridgehead atoms. The third kappa shape index (κ3) is 5.61. The smallest absolute Gasteiger partial charge is 0.407 e. The highest BCUT2D eigenvalue weighted by molar-refractivity contribution is 6.07. The number of carbonyl (C=O) groups is 2. The molecule has 3 aliphatic rings. The van der Waals surface area contributed by atoms with Gasteiger partial charge in [0.05, 0.1) is 17.1 Å². The average molecular weight is 682 g/mol. The molecule has 0 radical (unpaired) electrons. The largest absolute Gasteiger partial charge is 0.456 e. The summed E-state index contributed by atoms with van der Waals surface area (Å²) >= 11 is 0. The Morgan fingerprint density at radius 2 is 1.86 bits per heavy atom. The van der Waals surface area contributed by atoms with Crippen molar-refractivity contribution in [3.05, 3.63) is 70.3 Å². The number of nitrogens with zero attached hydrogens (tertiary/aromatic N) is 3. The number of aromatic nitrogens is 1. The molecule has 5 heterocycles. The Morgan fingerprint density at radius 1 is 1.04 bits per heavy atom. The summed E-state index contributed by atoms with van der Waals surface area (Å²) in [7, 11) is 0. The summed E-state index contributed by atoms with van der Waals surface area (Å²) in [6.07, 6.45) is 3.78. The van der Waals surface area contributed by atoms with Crippen LogP contribution in [0.5, 0.6) is 11.5 Å². The molecule has 3 aromatic carbocycles. The molecule has 2 saturated heterocycles. The van der Waals surface area contributed by atoms with Gasteiger partial charge in [0.1, 0.15) is 33.5 Å². The van der Waals surface area contributed by atoms with E-state index in [1.54, 1.807) is 25.3 Å². The number of alkyl carbamates (subject to hydrolysis) is 1. The second kappa shape index (κ2) is 12.0. The molecule has 0 spiro atoms. The van der Waals surface area contributed by atoms with E-state index >= 15 is 4.39 Å². The zero-order chi connectivity index (χ0) is 34.9. The summed E-state index contributed by atoms with van der Waals surface area (Å²) in [6.45, 7) is 10.3. The van der Waals surface area contributed by atoms with E-state index in [4.69, 9.17) is 13.9 Å². The average Bonchev–Trinajstić information content (AvgIpc) is 3.78. The summed E-state index contributed by atoms with van der Waals surface area (Å²) in [5.74, 6) is -0.588. The molecule has 0 saturated carbocycles. The number of nitrogens with one attached hydrogen (secondary N) is 2. The summed E-state index contributed by atoms with van der Waals surface area (Å²) < 4.78 is 36.3. The molecule has 260 valence electrons. The van der Waals surface area contributed by atoms with Gasteiger partial charge in [-0.3, -0.25) is 14.5 Å². The van der Waals surface area contributed by atoms with Gasteiger partial charge in [0.25, 0.3) is 5.91 Å². The van der Waals surface area contributed by atoms with Crippen molar-refractivity contribution in [2.75, 3.05) is 37.6 Å². The molecule has 2 atom stereocenters. The van der Waals surface area contributed by atoms with E-state index < -0.39 is 28.8 Å². The molecule has 3 aliphatic heterocycles. The highest BCUT2D eigenvalue weighted by Crippen LogP contribution is 2.49. The van der Waals surface area contributed by atoms with Crippen LogP contribution in [0.1, 0.15) is 57.3 Å². The van der Waals surface area contributed by atoms with E-state index in [9.17, 15) is 14.4 Å². The minimum atomic E-state index is -0.659. The number of hydrogen-bond donors (Lipinski definition) is 2. The molecular formula is C38H40FN5O6. The maximum absolute atomic E-state index is 16.4. The number of carbonyl (C=O) groups excluding carboxylic acids is 2. The van der Waals surface area contributed by atoms with Crippen molar-refractivity contribution in [2.24, 2.45) is 0 Å². The van der Waals surface area contributed by atoms with Gasteiger partial charge in [0.2, 0.25) is 5.43 Å². The number of ether oxygens (including phenoxy) is 2. The summed E-state index contributed by atoms with van der Waals surface area (Å²) in [6, 6.07) is 12.7. The number of para-hydroxylation sites is 1. The Labute approximate surface area is 287 Å². The number of pyridine rings is 1. The lowest BCUT2D eigenvalue weighted by Gasteiger charge is -2.29. The van der Waals surface area contributed by atoms with Gasteiger partial charge >= 0.3 is 6.09 Å². The number of halogens is 1. The van der Waals surface area contributed by atoms with Gasteiger partial charge in [-0.15, -0.1) is 0 Å². The highest BCUT2D eigenvalue weighted by atomic mass is 19.1. The molecule has 12 heteroatoms. The third-order valence-corrected chi connectivity index (χ3v) is 9.95. The predicted molar refractivity (Wildman–Crippen MR) is 189 cm³/mol. The number of benzene rings is 3. The van der Waals surface area contributed by atoms with E-state index in [1.165, 1.54) is 12.3 Å². The molecule has 11 nitrogen and oxygen atoms in total. The van der Waals surface area contributed by atoms with Gasteiger partial charge < -0.3 is 34.0 Å². The minimum absolute atomic E-state index is 0.0278. The van der Waals surface area contributed by atoms with Gasteiger partial charge in [0.15, 0.2) is 17.3 Å². The normalized spacial score (nSPS) is 18.9. The third-order valence-electron chi connectivity index (χ3n) is 9.95. The monoisotopic (exact) mass is 681 g/mol. The van der Waals surface area contributed by atoms with E-state index in [1.807, 2.05) is 41.3 Å². The number of likely N-dealkylation sites (tertiary alicyclic amines) is 1. The lowest BCUT2D eigenvalue weighted by atomic mass is 10.0. The Kier molecular flexibility index (Phi) is 7.74. The Hall–Kier alpha value is -5.10. The van der Waals surface area contributed by atoms with Crippen LogP contribution in [0.15, 0.2) is 57.9 Å². The lowest BCUT2D eigenvalue weighted by Crippen LogP contribution is -2.40. The fourth-order valence-electron chi connectivity index (χ4n) is 7.57. The first-order chi connectivity index (χ1) is 23.9. The second-order valence-corrected chi connectivity index (χ2v) is 14.6. The molecule has 2 N–H and O–H groups in total. The fraction of sp³-hybridized carbons (Fsp3) is 0.395. The van der Waals surface area contributed by atoms with Crippen LogP contribution in [0.25, 0.3) is 38.5 Å². The van der Waals surface area contributed by atoms with E-state index in [-0.39, 0.29) is 28.4 Å². The molecule has 8 rings (SSSR count). The lowest BCUT2D eigenvalue weighted by molar-refractivity contribution is 0.0508. The number of furan rings is 1. The summed E-state index contributed by atoms with van der Waals surface area (Å²) in [5.41, 5.74) is 1.05. The first-order valence-electron chi connectivity index (χ1n) is 17.3. The van der Waals surface area contributed by atoms with Crippen LogP contribution in [0.4, 0.5) is 14.9 Å². The predicted octanol–water partition coefficient (Wildman–Crippen LogP) is 6.45. The Bertz CT molecular complexity index is 2250. The van der Waals surface area contributed by atoms with Crippen LogP contribution in [-0.4, -0.2) is 71.9 Å². The van der Waals surface area contributed by atoms with Crippen LogP contribution in [0.3, 0.4) is 0 Å². The topological polar surface area (TPSA) is 118 Å². The minimum Gasteiger partial charge on any atom is -0.456 e. The van der Waals surface area contributed by atoms with E-state index in [0.717, 1.165) is 30.2 Å². The van der Waals surface area contributed by atoms with Crippen LogP contribution in [0, 0.1) is 5.82 Å². The van der Waals surface area contributed by atoms with Gasteiger partial charge in [-0.1, -0.05) is 18.2 Å². The van der Waals surface area contributed by atoms with Crippen LogP contribution >= 0.6 is 0 Å². The van der Waals surface area contributed by atoms with Crippen molar-refractivity contribution in [3.63, 3.8) is 0 Å². The maximum Gasteiger partial charge on any atom is 0.407 e. The molecule has 2 amide bonds. The Morgan fingerprint density at radius 3 is 2.64 bits per heavy atom. The summed E-state index contributed by atoms with van der Waals surface area (Å²) in [4.78, 5) is 44.3. The Balaban J connectivity index is 1.22. The van der Waals surface area contributed by atoms with Gasteiger partial charge in [-0.25, -0.2) is 9.18 Å². The molecule has 50 heavy (non-hydrogen) atoms. The first-order valence-corrected chi connectivity index (χ1v) is 17.3. The highest BCUT2D eigenvalue weighted by Gasteiger charge is 2.35. The van der Waals surface area contributed by atoms with Crippen LogP contribution < -0.4 is 25.7 Å². The SMILES string of the molecule is CC1CCCN1CCNC(=O)c1cn2c3c(c(N4CCC(NC(=O)OC(C)(C)C)C4)c(F)cc3c1=O)Oc1cc3c(cc1-2)oc1ccccc13. The van der Waals surface area contributed by atoms with Crippen molar-refractivity contribution >= 4 is 50.5 Å². The molecule has 2 unspecified atom stereocenters. The van der Waals surface area contributed by atoms with Gasteiger partial charge in [0, 0.05) is 55.3 Å². The van der Waals surface area contributed by atoms with Gasteiger partial charge in [-0.2, -0.15) is 0 Å². The molecule has 0 aliphatic carbocycles. The molecular weight excluding hydrogens is 641 g/mol. The second-order valence-electron chi connectivity index (χ2n) is 14.6. The fourth-order valence-corrected chi connectivity index (χ4v) is 7.57. The molecule has 2 aromatic heterocycles. The molecule has 5 aromatic rings. The zero-order valence-electron chi connectivity index (χ0n) is 28.6. The number of amides is 2. The van der Waals surface area contributed by atoms with E-state index in [0.29, 0.717) is 66.8 Å².